The Kier molecular flexibility index (Phi) is 4.58. The number of rotatable bonds is 4. The highest BCUT2D eigenvalue weighted by atomic mass is 16.7. The molecule has 1 fully saturated rings. The normalized spacial score (nSPS) is 23.1. The van der Waals surface area contributed by atoms with Gasteiger partial charge in [0.2, 0.25) is 0 Å². The van der Waals surface area contributed by atoms with Gasteiger partial charge in [0, 0.05) is 12.7 Å². The minimum atomic E-state index is -0.456. The molecule has 1 unspecified atom stereocenters. The highest BCUT2D eigenvalue weighted by molar-refractivity contribution is 5.80. The summed E-state index contributed by atoms with van der Waals surface area (Å²) in [4.78, 5) is 15.8. The van der Waals surface area contributed by atoms with E-state index in [1.807, 2.05) is 6.92 Å². The van der Waals surface area contributed by atoms with Crippen LogP contribution in [0.3, 0.4) is 0 Å². The van der Waals surface area contributed by atoms with Crippen molar-refractivity contribution < 1.29 is 19.1 Å². The molecule has 1 aliphatic heterocycles. The molecule has 80 valence electrons. The summed E-state index contributed by atoms with van der Waals surface area (Å²) in [7, 11) is 0. The van der Waals surface area contributed by atoms with E-state index in [0.29, 0.717) is 26.3 Å². The van der Waals surface area contributed by atoms with E-state index in [1.165, 1.54) is 5.06 Å². The minimum Gasteiger partial charge on any atom is -0.364 e. The van der Waals surface area contributed by atoms with Gasteiger partial charge in [0.1, 0.15) is 0 Å². The molecule has 0 aromatic carbocycles. The van der Waals surface area contributed by atoms with Gasteiger partial charge in [0.15, 0.2) is 6.29 Å². The molecule has 1 heterocycles. The molecule has 0 saturated carbocycles. The summed E-state index contributed by atoms with van der Waals surface area (Å²) >= 11 is 0. The van der Waals surface area contributed by atoms with Crippen LogP contribution in [-0.4, -0.2) is 43.6 Å². The van der Waals surface area contributed by atoms with Gasteiger partial charge in [-0.2, -0.15) is 0 Å². The smallest absolute Gasteiger partial charge is 0.349 e. The molecule has 14 heavy (non-hydrogen) atoms. The molecular weight excluding hydrogens is 186 g/mol. The fraction of sp³-hybridized carbons (Fsp3) is 0.667. The van der Waals surface area contributed by atoms with Crippen LogP contribution >= 0.6 is 0 Å². The number of ether oxygens (including phenoxy) is 2. The van der Waals surface area contributed by atoms with Crippen LogP contribution < -0.4 is 0 Å². The van der Waals surface area contributed by atoms with Crippen LogP contribution in [0.2, 0.25) is 0 Å². The van der Waals surface area contributed by atoms with E-state index in [1.54, 1.807) is 0 Å². The van der Waals surface area contributed by atoms with Crippen molar-refractivity contribution in [2.24, 2.45) is 0 Å². The van der Waals surface area contributed by atoms with Crippen LogP contribution in [-0.2, 0) is 19.1 Å². The van der Waals surface area contributed by atoms with Crippen molar-refractivity contribution in [3.05, 3.63) is 12.7 Å². The highest BCUT2D eigenvalue weighted by Gasteiger charge is 2.22. The van der Waals surface area contributed by atoms with Crippen molar-refractivity contribution in [3.8, 4) is 0 Å². The number of nitrogens with zero attached hydrogens (tertiary/aromatic N) is 1. The standard InChI is InChI=1S/C9H15NO4/c1-3-8(11)14-10-5-6-13-9(7-10)12-4-2/h3,9H,1,4-7H2,2H3. The van der Waals surface area contributed by atoms with Crippen LogP contribution in [0.1, 0.15) is 6.92 Å². The lowest BCUT2D eigenvalue weighted by Crippen LogP contribution is -2.44. The molecule has 5 nitrogen and oxygen atoms in total. The molecule has 0 aliphatic carbocycles. The Morgan fingerprint density at radius 2 is 2.57 bits per heavy atom. The van der Waals surface area contributed by atoms with Crippen LogP contribution in [0.15, 0.2) is 12.7 Å². The van der Waals surface area contributed by atoms with Crippen LogP contribution in [0.4, 0.5) is 0 Å². The second-order valence-corrected chi connectivity index (χ2v) is 2.76. The maximum atomic E-state index is 10.9. The summed E-state index contributed by atoms with van der Waals surface area (Å²) < 4.78 is 10.5. The molecular formula is C9H15NO4. The minimum absolute atomic E-state index is 0.314. The second-order valence-electron chi connectivity index (χ2n) is 2.76. The van der Waals surface area contributed by atoms with Gasteiger partial charge in [-0.05, 0) is 6.92 Å². The fourth-order valence-corrected chi connectivity index (χ4v) is 1.13. The second kappa shape index (κ2) is 5.74. The first-order valence-electron chi connectivity index (χ1n) is 4.58. The van der Waals surface area contributed by atoms with Crippen LogP contribution in [0, 0.1) is 0 Å². The van der Waals surface area contributed by atoms with E-state index in [-0.39, 0.29) is 6.29 Å². The quantitative estimate of drug-likeness (QED) is 0.613. The Balaban J connectivity index is 2.32. The zero-order valence-corrected chi connectivity index (χ0v) is 8.27. The molecule has 0 aromatic heterocycles. The van der Waals surface area contributed by atoms with Crippen molar-refractivity contribution in [3.63, 3.8) is 0 Å². The lowest BCUT2D eigenvalue weighted by Gasteiger charge is -2.30. The third kappa shape index (κ3) is 3.45. The third-order valence-electron chi connectivity index (χ3n) is 1.74. The predicted octanol–water partition coefficient (Wildman–Crippen LogP) is 0.325. The predicted molar refractivity (Wildman–Crippen MR) is 49.2 cm³/mol. The van der Waals surface area contributed by atoms with E-state index >= 15 is 0 Å². The Bertz CT molecular complexity index is 205. The van der Waals surface area contributed by atoms with Crippen LogP contribution in [0.25, 0.3) is 0 Å². The summed E-state index contributed by atoms with van der Waals surface area (Å²) in [6.07, 6.45) is 0.817. The summed E-state index contributed by atoms with van der Waals surface area (Å²) in [5, 5.41) is 1.52. The zero-order valence-electron chi connectivity index (χ0n) is 8.27. The van der Waals surface area contributed by atoms with Crippen molar-refractivity contribution >= 4 is 5.97 Å². The Morgan fingerprint density at radius 1 is 1.79 bits per heavy atom. The first-order valence-corrected chi connectivity index (χ1v) is 4.58. The molecule has 1 saturated heterocycles. The average Bonchev–Trinajstić information content (AvgIpc) is 2.19. The average molecular weight is 201 g/mol. The molecule has 1 atom stereocenters. The number of carbonyl (C=O) groups is 1. The van der Waals surface area contributed by atoms with Crippen molar-refractivity contribution in [2.45, 2.75) is 13.2 Å². The number of carbonyl (C=O) groups excluding carboxylic acids is 1. The van der Waals surface area contributed by atoms with E-state index in [0.717, 1.165) is 6.08 Å². The summed E-state index contributed by atoms with van der Waals surface area (Å²) in [6.45, 7) is 7.27. The molecule has 0 N–H and O–H groups in total. The SMILES string of the molecule is C=CC(=O)ON1CCOC(OCC)C1. The summed E-state index contributed by atoms with van der Waals surface area (Å²) in [5.41, 5.74) is 0. The van der Waals surface area contributed by atoms with Crippen molar-refractivity contribution in [1.29, 1.82) is 0 Å². The molecule has 5 heteroatoms. The van der Waals surface area contributed by atoms with Gasteiger partial charge in [0.05, 0.1) is 19.7 Å². The van der Waals surface area contributed by atoms with Gasteiger partial charge in [-0.25, -0.2) is 4.79 Å². The number of hydrogen-bond donors (Lipinski definition) is 0. The van der Waals surface area contributed by atoms with Gasteiger partial charge in [-0.15, -0.1) is 5.06 Å². The first kappa shape index (κ1) is 11.2. The molecule has 0 spiro atoms. The Hall–Kier alpha value is -0.910. The Morgan fingerprint density at radius 3 is 3.21 bits per heavy atom. The molecule has 0 bridgehead atoms. The van der Waals surface area contributed by atoms with Crippen LogP contribution in [0.5, 0.6) is 0 Å². The van der Waals surface area contributed by atoms with E-state index in [2.05, 4.69) is 6.58 Å². The van der Waals surface area contributed by atoms with E-state index in [9.17, 15) is 4.79 Å². The number of hydrogen-bond acceptors (Lipinski definition) is 5. The van der Waals surface area contributed by atoms with Gasteiger partial charge in [0.25, 0.3) is 0 Å². The zero-order chi connectivity index (χ0) is 10.4. The van der Waals surface area contributed by atoms with E-state index in [4.69, 9.17) is 14.3 Å². The maximum Gasteiger partial charge on any atom is 0.349 e. The largest absolute Gasteiger partial charge is 0.364 e. The first-order chi connectivity index (χ1) is 6.76. The summed E-state index contributed by atoms with van der Waals surface area (Å²) in [6, 6.07) is 0. The molecule has 0 aromatic rings. The molecule has 0 amide bonds. The lowest BCUT2D eigenvalue weighted by atomic mass is 10.5. The van der Waals surface area contributed by atoms with Gasteiger partial charge in [-0.3, -0.25) is 0 Å². The maximum absolute atomic E-state index is 10.9. The Labute approximate surface area is 83.2 Å². The number of hydroxylamine groups is 2. The van der Waals surface area contributed by atoms with Crippen molar-refractivity contribution in [1.82, 2.24) is 5.06 Å². The monoisotopic (exact) mass is 201 g/mol. The van der Waals surface area contributed by atoms with Gasteiger partial charge < -0.3 is 14.3 Å². The molecule has 1 aliphatic rings. The number of morpholine rings is 1. The fourth-order valence-electron chi connectivity index (χ4n) is 1.13. The topological polar surface area (TPSA) is 48.0 Å². The third-order valence-corrected chi connectivity index (χ3v) is 1.74. The lowest BCUT2D eigenvalue weighted by molar-refractivity contribution is -0.251. The van der Waals surface area contributed by atoms with Gasteiger partial charge in [-0.1, -0.05) is 6.58 Å². The van der Waals surface area contributed by atoms with Gasteiger partial charge >= 0.3 is 5.97 Å². The molecule has 0 radical (unpaired) electrons. The summed E-state index contributed by atoms with van der Waals surface area (Å²) in [5.74, 6) is -0.456. The van der Waals surface area contributed by atoms with Crippen molar-refractivity contribution in [2.75, 3.05) is 26.3 Å². The molecule has 1 rings (SSSR count). The van der Waals surface area contributed by atoms with E-state index < -0.39 is 5.97 Å². The highest BCUT2D eigenvalue weighted by Crippen LogP contribution is 2.06.